The monoisotopic (exact) mass is 324 g/mol. The van der Waals surface area contributed by atoms with E-state index < -0.39 is 0 Å². The van der Waals surface area contributed by atoms with Crippen LogP contribution in [0.3, 0.4) is 0 Å². The zero-order valence-electron chi connectivity index (χ0n) is 14.4. The topological polar surface area (TPSA) is 81.6 Å². The highest BCUT2D eigenvalue weighted by Crippen LogP contribution is 2.19. The van der Waals surface area contributed by atoms with Crippen LogP contribution in [0.25, 0.3) is 6.08 Å². The predicted molar refractivity (Wildman–Crippen MR) is 92.7 cm³/mol. The van der Waals surface area contributed by atoms with Gasteiger partial charge in [-0.25, -0.2) is 0 Å². The molecule has 0 saturated heterocycles. The van der Waals surface area contributed by atoms with Crippen molar-refractivity contribution in [1.29, 1.82) is 10.5 Å². The highest BCUT2D eigenvalue weighted by Gasteiger charge is 2.17. The zero-order chi connectivity index (χ0) is 17.5. The van der Waals surface area contributed by atoms with E-state index in [0.29, 0.717) is 5.69 Å². The lowest BCUT2D eigenvalue weighted by Crippen LogP contribution is -2.35. The van der Waals surface area contributed by atoms with Gasteiger partial charge in [0, 0.05) is 18.8 Å². The average molecular weight is 324 g/mol. The van der Waals surface area contributed by atoms with Crippen LogP contribution in [-0.2, 0) is 11.8 Å². The molecule has 0 spiro atoms. The fourth-order valence-corrected chi connectivity index (χ4v) is 3.14. The maximum Gasteiger partial charge on any atom is 0.262 e. The summed E-state index contributed by atoms with van der Waals surface area (Å²) in [5.41, 5.74) is 2.20. The molecule has 1 aromatic rings. The third-order valence-corrected chi connectivity index (χ3v) is 4.79. The average Bonchev–Trinajstić information content (AvgIpc) is 2.82. The fourth-order valence-electron chi connectivity index (χ4n) is 3.14. The van der Waals surface area contributed by atoms with E-state index in [2.05, 4.69) is 11.4 Å². The minimum absolute atomic E-state index is 0.0928. The Labute approximate surface area is 143 Å². The fraction of sp³-hybridized carbons (Fsp3) is 0.526. The highest BCUT2D eigenvalue weighted by atomic mass is 16.1. The molecular weight excluding hydrogens is 300 g/mol. The summed E-state index contributed by atoms with van der Waals surface area (Å²) >= 11 is 0. The van der Waals surface area contributed by atoms with Crippen molar-refractivity contribution in [3.05, 3.63) is 28.6 Å². The molecule has 2 rings (SSSR count). The number of aromatic nitrogens is 1. The summed E-state index contributed by atoms with van der Waals surface area (Å²) in [6.07, 6.45) is 9.49. The Balaban J connectivity index is 2.14. The van der Waals surface area contributed by atoms with Gasteiger partial charge in [0.15, 0.2) is 0 Å². The zero-order valence-corrected chi connectivity index (χ0v) is 14.4. The molecule has 5 heteroatoms. The first kappa shape index (κ1) is 17.8. The number of amides is 1. The van der Waals surface area contributed by atoms with Crippen LogP contribution in [0.5, 0.6) is 0 Å². The summed E-state index contributed by atoms with van der Waals surface area (Å²) in [7, 11) is 1.80. The second-order valence-electron chi connectivity index (χ2n) is 6.43. The molecule has 1 saturated carbocycles. The standard InChI is InChI=1S/C19H24N4O/c1-14-15(11-18(13-21)23(14)2)10-16(12-20)19(24)22-17-8-6-4-3-5-7-9-17/h10-11,17H,3-9H2,1-2H3,(H,22,24)/b16-10+. The summed E-state index contributed by atoms with van der Waals surface area (Å²) in [6, 6.07) is 5.96. The summed E-state index contributed by atoms with van der Waals surface area (Å²) in [4.78, 5) is 12.4. The van der Waals surface area contributed by atoms with E-state index in [4.69, 9.17) is 5.26 Å². The van der Waals surface area contributed by atoms with Crippen LogP contribution in [0.2, 0.25) is 0 Å². The quantitative estimate of drug-likeness (QED) is 0.684. The van der Waals surface area contributed by atoms with Gasteiger partial charge in [0.2, 0.25) is 0 Å². The molecule has 24 heavy (non-hydrogen) atoms. The maximum atomic E-state index is 12.4. The third kappa shape index (κ3) is 4.26. The normalized spacial score (nSPS) is 16.6. The molecule has 1 N–H and O–H groups in total. The molecule has 1 aromatic heterocycles. The molecule has 1 aliphatic carbocycles. The lowest BCUT2D eigenvalue weighted by Gasteiger charge is -2.20. The molecule has 0 radical (unpaired) electrons. The molecule has 1 heterocycles. The van der Waals surface area contributed by atoms with Crippen molar-refractivity contribution in [3.63, 3.8) is 0 Å². The molecule has 0 aromatic carbocycles. The van der Waals surface area contributed by atoms with Gasteiger partial charge in [0.1, 0.15) is 23.4 Å². The summed E-state index contributed by atoms with van der Waals surface area (Å²) in [6.45, 7) is 1.87. The predicted octanol–water partition coefficient (Wildman–Crippen LogP) is 3.34. The smallest absolute Gasteiger partial charge is 0.262 e. The molecule has 1 amide bonds. The molecule has 1 fully saturated rings. The van der Waals surface area contributed by atoms with Crippen LogP contribution in [0.4, 0.5) is 0 Å². The van der Waals surface area contributed by atoms with Gasteiger partial charge >= 0.3 is 0 Å². The summed E-state index contributed by atoms with van der Waals surface area (Å²) in [5.74, 6) is -0.315. The van der Waals surface area contributed by atoms with E-state index in [1.807, 2.05) is 13.0 Å². The Kier molecular flexibility index (Phi) is 6.21. The van der Waals surface area contributed by atoms with Crippen LogP contribution in [0.1, 0.15) is 61.9 Å². The first-order chi connectivity index (χ1) is 11.6. The van der Waals surface area contributed by atoms with Gasteiger partial charge in [0.25, 0.3) is 5.91 Å². The number of nitrogens with one attached hydrogen (secondary N) is 1. The molecule has 126 valence electrons. The van der Waals surface area contributed by atoms with Gasteiger partial charge in [-0.1, -0.05) is 32.1 Å². The van der Waals surface area contributed by atoms with Crippen molar-refractivity contribution in [2.45, 2.75) is 57.9 Å². The highest BCUT2D eigenvalue weighted by molar-refractivity contribution is 6.02. The summed E-state index contributed by atoms with van der Waals surface area (Å²) in [5, 5.41) is 21.5. The molecule has 0 unspecified atom stereocenters. The Morgan fingerprint density at radius 1 is 1.25 bits per heavy atom. The van der Waals surface area contributed by atoms with Gasteiger partial charge in [-0.2, -0.15) is 10.5 Å². The van der Waals surface area contributed by atoms with Crippen LogP contribution >= 0.6 is 0 Å². The Bertz CT molecular complexity index is 707. The largest absolute Gasteiger partial charge is 0.349 e. The van der Waals surface area contributed by atoms with Gasteiger partial charge < -0.3 is 9.88 Å². The molecule has 5 nitrogen and oxygen atoms in total. The van der Waals surface area contributed by atoms with Gasteiger partial charge in [-0.15, -0.1) is 0 Å². The van der Waals surface area contributed by atoms with Crippen LogP contribution in [0.15, 0.2) is 11.6 Å². The van der Waals surface area contributed by atoms with E-state index >= 15 is 0 Å². The number of rotatable bonds is 3. The lowest BCUT2D eigenvalue weighted by atomic mass is 9.96. The van der Waals surface area contributed by atoms with Crippen LogP contribution in [-0.4, -0.2) is 16.5 Å². The molecule has 1 aliphatic rings. The van der Waals surface area contributed by atoms with Crippen LogP contribution < -0.4 is 5.32 Å². The lowest BCUT2D eigenvalue weighted by molar-refractivity contribution is -0.117. The van der Waals surface area contributed by atoms with E-state index in [1.165, 1.54) is 19.3 Å². The number of hydrogen-bond donors (Lipinski definition) is 1. The SMILES string of the molecule is Cc1c(/C=C(\C#N)C(=O)NC2CCCCCCC2)cc(C#N)n1C. The minimum atomic E-state index is -0.315. The number of hydrogen-bond acceptors (Lipinski definition) is 3. The Hall–Kier alpha value is -2.53. The van der Waals surface area contributed by atoms with Crippen LogP contribution in [0, 0.1) is 29.6 Å². The number of carbonyl (C=O) groups is 1. The van der Waals surface area contributed by atoms with Crippen molar-refractivity contribution in [2.24, 2.45) is 7.05 Å². The van der Waals surface area contributed by atoms with Crippen molar-refractivity contribution in [1.82, 2.24) is 9.88 Å². The van der Waals surface area contributed by atoms with Crippen molar-refractivity contribution in [3.8, 4) is 12.1 Å². The van der Waals surface area contributed by atoms with Gasteiger partial charge in [-0.3, -0.25) is 4.79 Å². The minimum Gasteiger partial charge on any atom is -0.349 e. The van der Waals surface area contributed by atoms with Crippen molar-refractivity contribution >= 4 is 12.0 Å². The molecule has 0 bridgehead atoms. The maximum absolute atomic E-state index is 12.4. The number of nitriles is 2. The Morgan fingerprint density at radius 3 is 2.42 bits per heavy atom. The second kappa shape index (κ2) is 8.36. The Morgan fingerprint density at radius 2 is 1.88 bits per heavy atom. The number of nitrogens with zero attached hydrogens (tertiary/aromatic N) is 3. The van der Waals surface area contributed by atoms with Gasteiger partial charge in [0.05, 0.1) is 0 Å². The summed E-state index contributed by atoms with van der Waals surface area (Å²) < 4.78 is 1.76. The van der Waals surface area contributed by atoms with E-state index in [0.717, 1.165) is 36.9 Å². The number of carbonyl (C=O) groups excluding carboxylic acids is 1. The molecule has 0 atom stereocenters. The molecular formula is C19H24N4O. The second-order valence-corrected chi connectivity index (χ2v) is 6.43. The van der Waals surface area contributed by atoms with Crippen molar-refractivity contribution < 1.29 is 4.79 Å². The van der Waals surface area contributed by atoms with Gasteiger partial charge in [-0.05, 0) is 37.5 Å². The van der Waals surface area contributed by atoms with E-state index in [-0.39, 0.29) is 17.5 Å². The van der Waals surface area contributed by atoms with Crippen molar-refractivity contribution in [2.75, 3.05) is 0 Å². The third-order valence-electron chi connectivity index (χ3n) is 4.79. The molecule has 0 aliphatic heterocycles. The van der Waals surface area contributed by atoms with E-state index in [9.17, 15) is 10.1 Å². The van der Waals surface area contributed by atoms with E-state index in [1.54, 1.807) is 23.8 Å². The first-order valence-corrected chi connectivity index (χ1v) is 8.56. The first-order valence-electron chi connectivity index (χ1n) is 8.56.